The third-order valence-corrected chi connectivity index (χ3v) is 5.28. The number of benzene rings is 1. The number of fused-ring (bicyclic) bond motifs is 1. The summed E-state index contributed by atoms with van der Waals surface area (Å²) in [5.74, 6) is -2.11. The molecule has 2 fully saturated rings. The summed E-state index contributed by atoms with van der Waals surface area (Å²) in [4.78, 5) is 51.1. The van der Waals surface area contributed by atoms with Gasteiger partial charge in [-0.2, -0.15) is 0 Å². The van der Waals surface area contributed by atoms with E-state index in [4.69, 9.17) is 0 Å². The summed E-state index contributed by atoms with van der Waals surface area (Å²) >= 11 is 0. The van der Waals surface area contributed by atoms with Crippen molar-refractivity contribution in [2.75, 3.05) is 13.1 Å². The van der Waals surface area contributed by atoms with Gasteiger partial charge in [0, 0.05) is 12.1 Å². The van der Waals surface area contributed by atoms with E-state index in [1.165, 1.54) is 4.90 Å². The highest BCUT2D eigenvalue weighted by atomic mass is 16.4. The summed E-state index contributed by atoms with van der Waals surface area (Å²) in [5, 5.41) is 21.6. The van der Waals surface area contributed by atoms with Gasteiger partial charge >= 0.3 is 12.1 Å². The van der Waals surface area contributed by atoms with Crippen molar-refractivity contribution in [1.82, 2.24) is 15.1 Å². The molecule has 2 aliphatic heterocycles. The van der Waals surface area contributed by atoms with E-state index in [1.54, 1.807) is 30.3 Å². The van der Waals surface area contributed by atoms with Crippen molar-refractivity contribution in [1.29, 1.82) is 0 Å². The number of amides is 3. The van der Waals surface area contributed by atoms with Crippen LogP contribution in [0.25, 0.3) is 0 Å². The molecule has 0 radical (unpaired) electrons. The minimum absolute atomic E-state index is 0.0736. The fraction of sp³-hybridized carbons (Fsp3) is 0.474. The fourth-order valence-electron chi connectivity index (χ4n) is 3.88. The second-order valence-corrected chi connectivity index (χ2v) is 7.12. The van der Waals surface area contributed by atoms with Gasteiger partial charge in [-0.1, -0.05) is 31.0 Å². The van der Waals surface area contributed by atoms with Crippen molar-refractivity contribution in [3.8, 4) is 0 Å². The SMILES string of the molecule is O=C(N[C@H]1CCCC[C@H]2CN(C(=O)O)C[C@@H](C(=O)O)N2C1=O)c1ccccc1. The van der Waals surface area contributed by atoms with E-state index >= 15 is 0 Å². The van der Waals surface area contributed by atoms with E-state index in [1.807, 2.05) is 0 Å². The minimum atomic E-state index is -1.27. The Labute approximate surface area is 161 Å². The van der Waals surface area contributed by atoms with Crippen LogP contribution in [-0.2, 0) is 9.59 Å². The second-order valence-electron chi connectivity index (χ2n) is 7.12. The number of carboxylic acid groups (broad SMARTS) is 2. The molecule has 3 atom stereocenters. The molecule has 150 valence electrons. The van der Waals surface area contributed by atoms with Crippen LogP contribution in [0.4, 0.5) is 4.79 Å². The maximum atomic E-state index is 13.2. The molecule has 28 heavy (non-hydrogen) atoms. The first-order valence-electron chi connectivity index (χ1n) is 9.27. The molecule has 0 aromatic heterocycles. The first-order chi connectivity index (χ1) is 13.4. The van der Waals surface area contributed by atoms with Crippen molar-refractivity contribution in [2.24, 2.45) is 0 Å². The lowest BCUT2D eigenvalue weighted by Crippen LogP contribution is -2.67. The molecule has 1 aromatic rings. The van der Waals surface area contributed by atoms with E-state index in [2.05, 4.69) is 5.32 Å². The zero-order valence-corrected chi connectivity index (χ0v) is 15.3. The molecule has 2 aliphatic rings. The zero-order valence-electron chi connectivity index (χ0n) is 15.3. The molecule has 0 unspecified atom stereocenters. The number of carboxylic acids is 1. The third-order valence-electron chi connectivity index (χ3n) is 5.28. The van der Waals surface area contributed by atoms with Gasteiger partial charge in [-0.3, -0.25) is 9.59 Å². The van der Waals surface area contributed by atoms with Crippen LogP contribution in [0.1, 0.15) is 36.0 Å². The maximum absolute atomic E-state index is 13.2. The highest BCUT2D eigenvalue weighted by Gasteiger charge is 2.45. The Morgan fingerprint density at radius 1 is 1.00 bits per heavy atom. The lowest BCUT2D eigenvalue weighted by atomic mass is 9.94. The molecule has 3 N–H and O–H groups in total. The summed E-state index contributed by atoms with van der Waals surface area (Å²) in [6.07, 6.45) is 1.13. The van der Waals surface area contributed by atoms with Gasteiger partial charge in [-0.05, 0) is 25.0 Å². The standard InChI is InChI=1S/C19H23N3O6/c23-16(12-6-2-1-3-7-12)20-14-9-5-4-8-13-10-21(19(27)28)11-15(18(25)26)22(13)17(14)24/h1-3,6-7,13-15H,4-5,8-11H2,(H,20,23)(H,25,26)(H,27,28)/t13-,14-,15-/m0/s1. The number of nitrogens with one attached hydrogen (secondary N) is 1. The Balaban J connectivity index is 1.83. The summed E-state index contributed by atoms with van der Waals surface area (Å²) in [7, 11) is 0. The first kappa shape index (κ1) is 19.7. The minimum Gasteiger partial charge on any atom is -0.480 e. The highest BCUT2D eigenvalue weighted by Crippen LogP contribution is 2.26. The van der Waals surface area contributed by atoms with Crippen molar-refractivity contribution in [3.63, 3.8) is 0 Å². The monoisotopic (exact) mass is 389 g/mol. The molecule has 3 rings (SSSR count). The Bertz CT molecular complexity index is 768. The largest absolute Gasteiger partial charge is 0.480 e. The number of hydrogen-bond acceptors (Lipinski definition) is 4. The molecule has 0 spiro atoms. The first-order valence-corrected chi connectivity index (χ1v) is 9.27. The van der Waals surface area contributed by atoms with Gasteiger partial charge in [0.1, 0.15) is 12.1 Å². The van der Waals surface area contributed by atoms with E-state index < -0.39 is 42.0 Å². The van der Waals surface area contributed by atoms with Crippen LogP contribution in [0.2, 0.25) is 0 Å². The quantitative estimate of drug-likeness (QED) is 0.708. The van der Waals surface area contributed by atoms with Gasteiger partial charge in [0.25, 0.3) is 5.91 Å². The number of piperazine rings is 1. The van der Waals surface area contributed by atoms with Gasteiger partial charge < -0.3 is 25.3 Å². The topological polar surface area (TPSA) is 127 Å². The number of carbonyl (C=O) groups is 4. The molecular formula is C19H23N3O6. The molecule has 0 aliphatic carbocycles. The molecule has 0 saturated carbocycles. The summed E-state index contributed by atoms with van der Waals surface area (Å²) in [6.45, 7) is -0.212. The van der Waals surface area contributed by atoms with Gasteiger partial charge in [-0.25, -0.2) is 9.59 Å². The number of hydrogen-bond donors (Lipinski definition) is 3. The second kappa shape index (κ2) is 8.28. The van der Waals surface area contributed by atoms with E-state index in [0.29, 0.717) is 31.2 Å². The Hall–Kier alpha value is -3.10. The summed E-state index contributed by atoms with van der Waals surface area (Å²) < 4.78 is 0. The van der Waals surface area contributed by atoms with Gasteiger partial charge in [0.05, 0.1) is 12.6 Å². The number of aliphatic carboxylic acids is 1. The molecule has 0 bridgehead atoms. The van der Waals surface area contributed by atoms with Crippen LogP contribution >= 0.6 is 0 Å². The molecule has 2 saturated heterocycles. The van der Waals surface area contributed by atoms with Crippen LogP contribution in [0.3, 0.4) is 0 Å². The smallest absolute Gasteiger partial charge is 0.407 e. The summed E-state index contributed by atoms with van der Waals surface area (Å²) in [6, 6.07) is 5.86. The molecule has 2 heterocycles. The molecule has 9 heteroatoms. The van der Waals surface area contributed by atoms with Gasteiger partial charge in [0.2, 0.25) is 5.91 Å². The third kappa shape index (κ3) is 4.08. The lowest BCUT2D eigenvalue weighted by Gasteiger charge is -2.46. The predicted octanol–water partition coefficient (Wildman–Crippen LogP) is 1.00. The van der Waals surface area contributed by atoms with Gasteiger partial charge in [0.15, 0.2) is 0 Å². The maximum Gasteiger partial charge on any atom is 0.407 e. The van der Waals surface area contributed by atoms with Crippen LogP contribution in [-0.4, -0.2) is 75.1 Å². The van der Waals surface area contributed by atoms with E-state index in [-0.39, 0.29) is 13.1 Å². The van der Waals surface area contributed by atoms with Crippen molar-refractivity contribution < 1.29 is 29.4 Å². The summed E-state index contributed by atoms with van der Waals surface area (Å²) in [5.41, 5.74) is 0.416. The molecule has 3 amide bonds. The Kier molecular flexibility index (Phi) is 5.81. The normalized spacial score (nSPS) is 25.3. The lowest BCUT2D eigenvalue weighted by molar-refractivity contribution is -0.158. The van der Waals surface area contributed by atoms with Crippen LogP contribution in [0.5, 0.6) is 0 Å². The number of rotatable bonds is 3. The highest BCUT2D eigenvalue weighted by molar-refractivity contribution is 5.98. The van der Waals surface area contributed by atoms with Crippen LogP contribution in [0.15, 0.2) is 30.3 Å². The van der Waals surface area contributed by atoms with Crippen LogP contribution in [0, 0.1) is 0 Å². The Morgan fingerprint density at radius 2 is 1.68 bits per heavy atom. The zero-order chi connectivity index (χ0) is 20.3. The van der Waals surface area contributed by atoms with E-state index in [9.17, 15) is 29.4 Å². The average Bonchev–Trinajstić information content (AvgIpc) is 2.68. The molecule has 1 aromatic carbocycles. The molecular weight excluding hydrogens is 366 g/mol. The van der Waals surface area contributed by atoms with Crippen molar-refractivity contribution >= 4 is 23.9 Å². The van der Waals surface area contributed by atoms with E-state index in [0.717, 1.165) is 4.90 Å². The van der Waals surface area contributed by atoms with Gasteiger partial charge in [-0.15, -0.1) is 0 Å². The Morgan fingerprint density at radius 3 is 2.32 bits per heavy atom. The predicted molar refractivity (Wildman–Crippen MR) is 97.8 cm³/mol. The number of carbonyl (C=O) groups excluding carboxylic acids is 2. The van der Waals surface area contributed by atoms with Crippen molar-refractivity contribution in [2.45, 2.75) is 43.8 Å². The van der Waals surface area contributed by atoms with Crippen molar-refractivity contribution in [3.05, 3.63) is 35.9 Å². The van der Waals surface area contributed by atoms with Crippen LogP contribution < -0.4 is 5.32 Å². The number of nitrogens with zero attached hydrogens (tertiary/aromatic N) is 2. The average molecular weight is 389 g/mol. The fourth-order valence-corrected chi connectivity index (χ4v) is 3.88. The molecule has 9 nitrogen and oxygen atoms in total.